The molecule has 3 nitrogen and oxygen atoms in total. The number of para-hydroxylation sites is 2. The minimum absolute atomic E-state index is 0. The minimum atomic E-state index is -0.0619. The normalized spacial score (nSPS) is 18.2. The van der Waals surface area contributed by atoms with E-state index in [0.29, 0.717) is 0 Å². The third-order valence-electron chi connectivity index (χ3n) is 4.86. The maximum absolute atomic E-state index is 4.98. The summed E-state index contributed by atoms with van der Waals surface area (Å²) in [5.74, 6) is 0. The van der Waals surface area contributed by atoms with Crippen molar-refractivity contribution < 1.29 is 20.1 Å². The Morgan fingerprint density at radius 2 is 1.73 bits per heavy atom. The molecule has 1 aromatic heterocycles. The first-order valence-electron chi connectivity index (χ1n) is 8.91. The molecule has 0 fully saturated rings. The van der Waals surface area contributed by atoms with Crippen molar-refractivity contribution >= 4 is 17.5 Å². The fraction of sp³-hybridized carbons (Fsp3) is 0.409. The van der Waals surface area contributed by atoms with Gasteiger partial charge in [-0.3, -0.25) is 0 Å². The van der Waals surface area contributed by atoms with Crippen LogP contribution in [-0.2, 0) is 25.5 Å². The molecule has 1 radical (unpaired) electrons. The zero-order valence-electron chi connectivity index (χ0n) is 16.2. The Morgan fingerprint density at radius 3 is 2.38 bits per heavy atom. The van der Waals surface area contributed by atoms with Crippen LogP contribution in [0.3, 0.4) is 0 Å². The van der Waals surface area contributed by atoms with Crippen LogP contribution in [0.25, 0.3) is 11.4 Å². The molecule has 0 N–H and O–H groups in total. The molecule has 0 spiro atoms. The fourth-order valence-electron chi connectivity index (χ4n) is 3.47. The van der Waals surface area contributed by atoms with Crippen LogP contribution in [0.1, 0.15) is 64.7 Å². The molecule has 0 aliphatic carbocycles. The van der Waals surface area contributed by atoms with Crippen molar-refractivity contribution in [1.29, 1.82) is 0 Å². The van der Waals surface area contributed by atoms with Gasteiger partial charge >= 0.3 is 0 Å². The van der Waals surface area contributed by atoms with E-state index in [0.717, 1.165) is 22.6 Å². The van der Waals surface area contributed by atoms with Crippen molar-refractivity contribution in [3.8, 4) is 0 Å². The molecular formula is C22H25IrN3-2. The van der Waals surface area contributed by atoms with Gasteiger partial charge < -0.3 is 15.2 Å². The molecule has 0 amide bonds. The number of anilines is 1. The van der Waals surface area contributed by atoms with Gasteiger partial charge in [-0.1, -0.05) is 71.5 Å². The predicted octanol–water partition coefficient (Wildman–Crippen LogP) is 6.10. The maximum atomic E-state index is 4.98. The van der Waals surface area contributed by atoms with E-state index in [4.69, 9.17) is 10.3 Å². The van der Waals surface area contributed by atoms with Crippen LogP contribution in [0.15, 0.2) is 36.0 Å². The third-order valence-corrected chi connectivity index (χ3v) is 4.86. The largest absolute Gasteiger partial charge is 0.661 e. The Bertz CT molecular complexity index is 872. The SMILES string of the molecule is CC(C)(C)C1=Cc2nc(C(C)(C)C)c[c-]c2C2[N-]c3ccccc3N12.[Ir]. The van der Waals surface area contributed by atoms with E-state index in [1.807, 2.05) is 12.1 Å². The van der Waals surface area contributed by atoms with Gasteiger partial charge in [-0.2, -0.15) is 12.1 Å². The number of hydrogen-bond donors (Lipinski definition) is 0. The van der Waals surface area contributed by atoms with E-state index in [-0.39, 0.29) is 37.1 Å². The van der Waals surface area contributed by atoms with E-state index >= 15 is 0 Å². The van der Waals surface area contributed by atoms with Gasteiger partial charge in [0.05, 0.1) is 0 Å². The van der Waals surface area contributed by atoms with Gasteiger partial charge in [0, 0.05) is 36.9 Å². The summed E-state index contributed by atoms with van der Waals surface area (Å²) < 4.78 is 0. The molecule has 0 saturated carbocycles. The van der Waals surface area contributed by atoms with Crippen LogP contribution in [0, 0.1) is 11.5 Å². The van der Waals surface area contributed by atoms with Gasteiger partial charge in [0.2, 0.25) is 0 Å². The molecule has 0 saturated heterocycles. The Morgan fingerprint density at radius 1 is 1.04 bits per heavy atom. The molecule has 4 rings (SSSR count). The molecular weight excluding hydrogens is 498 g/mol. The molecule has 1 atom stereocenters. The fourth-order valence-corrected chi connectivity index (χ4v) is 3.47. The van der Waals surface area contributed by atoms with Crippen LogP contribution >= 0.6 is 0 Å². The van der Waals surface area contributed by atoms with Crippen LogP contribution < -0.4 is 4.90 Å². The first-order chi connectivity index (χ1) is 11.7. The smallest absolute Gasteiger partial charge is 0.0247 e. The molecule has 139 valence electrons. The number of aromatic nitrogens is 1. The molecule has 1 aromatic carbocycles. The topological polar surface area (TPSA) is 30.2 Å². The summed E-state index contributed by atoms with van der Waals surface area (Å²) in [5, 5.41) is 4.98. The van der Waals surface area contributed by atoms with Gasteiger partial charge in [-0.05, 0) is 23.3 Å². The average Bonchev–Trinajstić information content (AvgIpc) is 2.91. The van der Waals surface area contributed by atoms with Gasteiger partial charge in [-0.25, -0.2) is 0 Å². The molecule has 3 heterocycles. The summed E-state index contributed by atoms with van der Waals surface area (Å²) in [5.41, 5.74) is 6.63. The summed E-state index contributed by atoms with van der Waals surface area (Å²) >= 11 is 0. The van der Waals surface area contributed by atoms with Gasteiger partial charge in [-0.15, -0.1) is 11.3 Å². The molecule has 1 unspecified atom stereocenters. The number of nitrogens with zero attached hydrogens (tertiary/aromatic N) is 3. The average molecular weight is 524 g/mol. The Hall–Kier alpha value is -1.64. The van der Waals surface area contributed by atoms with E-state index in [1.165, 1.54) is 11.4 Å². The van der Waals surface area contributed by atoms with Gasteiger partial charge in [0.1, 0.15) is 0 Å². The number of rotatable bonds is 0. The molecule has 4 heteroatoms. The monoisotopic (exact) mass is 524 g/mol. The second kappa shape index (κ2) is 6.21. The predicted molar refractivity (Wildman–Crippen MR) is 104 cm³/mol. The van der Waals surface area contributed by atoms with E-state index in [2.05, 4.69) is 76.8 Å². The van der Waals surface area contributed by atoms with Crippen molar-refractivity contribution in [3.63, 3.8) is 0 Å². The third kappa shape index (κ3) is 3.00. The molecule has 2 aliphatic rings. The van der Waals surface area contributed by atoms with Gasteiger partial charge in [0.25, 0.3) is 0 Å². The summed E-state index contributed by atoms with van der Waals surface area (Å²) in [6.45, 7) is 13.3. The first-order valence-corrected chi connectivity index (χ1v) is 8.91. The number of pyridine rings is 1. The summed E-state index contributed by atoms with van der Waals surface area (Å²) in [7, 11) is 0. The Kier molecular flexibility index (Phi) is 4.57. The van der Waals surface area contributed by atoms with Crippen molar-refractivity contribution in [2.45, 2.75) is 53.1 Å². The quantitative estimate of drug-likeness (QED) is 0.391. The van der Waals surface area contributed by atoms with Crippen molar-refractivity contribution in [3.05, 3.63) is 64.4 Å². The minimum Gasteiger partial charge on any atom is -0.661 e. The van der Waals surface area contributed by atoms with Crippen LogP contribution in [0.5, 0.6) is 0 Å². The van der Waals surface area contributed by atoms with Crippen LogP contribution in [-0.4, -0.2) is 4.98 Å². The van der Waals surface area contributed by atoms with E-state index in [1.54, 1.807) is 0 Å². The van der Waals surface area contributed by atoms with Crippen molar-refractivity contribution in [2.24, 2.45) is 5.41 Å². The number of hydrogen-bond acceptors (Lipinski definition) is 2. The summed E-state index contributed by atoms with van der Waals surface area (Å²) in [6.07, 6.45) is 2.17. The van der Waals surface area contributed by atoms with Crippen LogP contribution in [0.4, 0.5) is 11.4 Å². The van der Waals surface area contributed by atoms with Crippen molar-refractivity contribution in [2.75, 3.05) is 4.90 Å². The number of allylic oxidation sites excluding steroid dienone is 1. The molecule has 26 heavy (non-hydrogen) atoms. The zero-order valence-corrected chi connectivity index (χ0v) is 18.6. The standard InChI is InChI=1S/C22H25N3.Ir/c1-21(2,3)18-12-11-14-16(23-18)13-19(22(4,5)6)25-17-10-8-7-9-15(17)24-20(14)25;/h7-10,12-13,20H,1-6H3;/q-2;. The molecule has 0 bridgehead atoms. The van der Waals surface area contributed by atoms with E-state index < -0.39 is 0 Å². The molecule has 2 aliphatic heterocycles. The van der Waals surface area contributed by atoms with Gasteiger partial charge in [0.15, 0.2) is 0 Å². The Labute approximate surface area is 170 Å². The maximum Gasteiger partial charge on any atom is 0.0247 e. The van der Waals surface area contributed by atoms with E-state index in [9.17, 15) is 0 Å². The number of fused-ring (bicyclic) bond motifs is 5. The molecule has 2 aromatic rings. The van der Waals surface area contributed by atoms with Crippen molar-refractivity contribution in [1.82, 2.24) is 4.98 Å². The summed E-state index contributed by atoms with van der Waals surface area (Å²) in [6, 6.07) is 13.9. The van der Waals surface area contributed by atoms with Crippen LogP contribution in [0.2, 0.25) is 0 Å². The summed E-state index contributed by atoms with van der Waals surface area (Å²) in [4.78, 5) is 7.33. The zero-order chi connectivity index (χ0) is 18.0. The Balaban J connectivity index is 0.00000196. The first kappa shape index (κ1) is 19.1. The second-order valence-corrected chi connectivity index (χ2v) is 8.98. The second-order valence-electron chi connectivity index (χ2n) is 8.98. The number of benzene rings is 1.